The molecule has 0 atom stereocenters. The highest BCUT2D eigenvalue weighted by molar-refractivity contribution is 5.54. The molecule has 2 aliphatic rings. The standard InChI is InChI=1S/C13H21N5O2/c1-15-10-14-12(18(19)20)13(15)17-8-6-16(7-9-17)11-4-2-3-5-11/h10-11H,2-9H2,1H3. The van der Waals surface area contributed by atoms with E-state index in [0.29, 0.717) is 5.82 Å². The summed E-state index contributed by atoms with van der Waals surface area (Å²) in [5.41, 5.74) is 0. The van der Waals surface area contributed by atoms with Crippen LogP contribution in [0.25, 0.3) is 0 Å². The molecule has 0 unspecified atom stereocenters. The largest absolute Gasteiger partial charge is 0.406 e. The van der Waals surface area contributed by atoms with Crippen molar-refractivity contribution in [3.63, 3.8) is 0 Å². The van der Waals surface area contributed by atoms with Crippen molar-refractivity contribution in [2.75, 3.05) is 31.1 Å². The highest BCUT2D eigenvalue weighted by Crippen LogP contribution is 2.29. The zero-order valence-corrected chi connectivity index (χ0v) is 11.9. The molecule has 0 aromatic carbocycles. The summed E-state index contributed by atoms with van der Waals surface area (Å²) in [6.45, 7) is 3.67. The average Bonchev–Trinajstić information content (AvgIpc) is 3.08. The summed E-state index contributed by atoms with van der Waals surface area (Å²) in [4.78, 5) is 19.2. The molecule has 110 valence electrons. The van der Waals surface area contributed by atoms with E-state index in [0.717, 1.165) is 32.2 Å². The van der Waals surface area contributed by atoms with Crippen molar-refractivity contribution >= 4 is 11.6 Å². The molecule has 7 nitrogen and oxygen atoms in total. The van der Waals surface area contributed by atoms with Crippen LogP contribution < -0.4 is 4.90 Å². The molecule has 1 saturated carbocycles. The van der Waals surface area contributed by atoms with Gasteiger partial charge < -0.3 is 15.0 Å². The van der Waals surface area contributed by atoms with Gasteiger partial charge in [0.1, 0.15) is 0 Å². The normalized spacial score (nSPS) is 21.6. The van der Waals surface area contributed by atoms with Crippen LogP contribution in [0, 0.1) is 10.1 Å². The number of hydrogen-bond donors (Lipinski definition) is 0. The van der Waals surface area contributed by atoms with E-state index in [1.807, 2.05) is 7.05 Å². The zero-order valence-electron chi connectivity index (χ0n) is 11.9. The van der Waals surface area contributed by atoms with Crippen LogP contribution >= 0.6 is 0 Å². The van der Waals surface area contributed by atoms with E-state index in [4.69, 9.17) is 0 Å². The third-order valence-corrected chi connectivity index (χ3v) is 4.52. The predicted octanol–water partition coefficient (Wildman–Crippen LogP) is 1.39. The van der Waals surface area contributed by atoms with E-state index in [1.165, 1.54) is 32.0 Å². The third kappa shape index (κ3) is 2.37. The Hall–Kier alpha value is -1.63. The van der Waals surface area contributed by atoms with E-state index in [-0.39, 0.29) is 5.82 Å². The Morgan fingerprint density at radius 1 is 1.25 bits per heavy atom. The van der Waals surface area contributed by atoms with Crippen molar-refractivity contribution < 1.29 is 4.92 Å². The SMILES string of the molecule is Cn1cnc([N+](=O)[O-])c1N1CCN(C2CCCC2)CC1. The molecular weight excluding hydrogens is 258 g/mol. The molecule has 7 heteroatoms. The van der Waals surface area contributed by atoms with Gasteiger partial charge in [-0.3, -0.25) is 9.47 Å². The van der Waals surface area contributed by atoms with Crippen LogP contribution in [0.3, 0.4) is 0 Å². The van der Waals surface area contributed by atoms with Crippen LogP contribution in [0.1, 0.15) is 25.7 Å². The molecule has 1 saturated heterocycles. The van der Waals surface area contributed by atoms with Crippen LogP contribution in [0.4, 0.5) is 11.6 Å². The number of anilines is 1. The Kier molecular flexibility index (Phi) is 3.60. The monoisotopic (exact) mass is 279 g/mol. The van der Waals surface area contributed by atoms with Crippen LogP contribution in [0.15, 0.2) is 6.33 Å². The lowest BCUT2D eigenvalue weighted by Gasteiger charge is -2.38. The Morgan fingerprint density at radius 3 is 2.50 bits per heavy atom. The molecule has 0 amide bonds. The molecule has 1 aliphatic heterocycles. The Bertz CT molecular complexity index is 487. The Labute approximate surface area is 118 Å². The second kappa shape index (κ2) is 5.40. The molecule has 1 aromatic heterocycles. The van der Waals surface area contributed by atoms with Gasteiger partial charge in [-0.25, -0.2) is 0 Å². The smallest absolute Gasteiger partial charge is 0.358 e. The van der Waals surface area contributed by atoms with Gasteiger partial charge in [-0.1, -0.05) is 12.8 Å². The number of rotatable bonds is 3. The van der Waals surface area contributed by atoms with Gasteiger partial charge in [0, 0.05) is 39.3 Å². The lowest BCUT2D eigenvalue weighted by atomic mass is 10.2. The van der Waals surface area contributed by atoms with E-state index < -0.39 is 4.92 Å². The van der Waals surface area contributed by atoms with Gasteiger partial charge in [0.2, 0.25) is 12.1 Å². The minimum absolute atomic E-state index is 0.0261. The highest BCUT2D eigenvalue weighted by atomic mass is 16.6. The summed E-state index contributed by atoms with van der Waals surface area (Å²) in [6, 6.07) is 0.735. The maximum absolute atomic E-state index is 11.0. The molecule has 0 N–H and O–H groups in total. The summed E-state index contributed by atoms with van der Waals surface area (Å²) in [6.07, 6.45) is 6.84. The highest BCUT2D eigenvalue weighted by Gasteiger charge is 2.31. The lowest BCUT2D eigenvalue weighted by molar-refractivity contribution is -0.388. The van der Waals surface area contributed by atoms with Gasteiger partial charge in [0.25, 0.3) is 0 Å². The Morgan fingerprint density at radius 2 is 1.90 bits per heavy atom. The molecule has 0 radical (unpaired) electrons. The van der Waals surface area contributed by atoms with Gasteiger partial charge in [0.15, 0.2) is 0 Å². The fraction of sp³-hybridized carbons (Fsp3) is 0.769. The minimum Gasteiger partial charge on any atom is -0.358 e. The van der Waals surface area contributed by atoms with Crippen molar-refractivity contribution in [2.45, 2.75) is 31.7 Å². The maximum atomic E-state index is 11.0. The average molecular weight is 279 g/mol. The molecular formula is C13H21N5O2. The van der Waals surface area contributed by atoms with Crippen molar-refractivity contribution in [1.29, 1.82) is 0 Å². The molecule has 1 aromatic rings. The first-order valence-electron chi connectivity index (χ1n) is 7.31. The molecule has 2 fully saturated rings. The van der Waals surface area contributed by atoms with Gasteiger partial charge in [-0.05, 0) is 22.7 Å². The van der Waals surface area contributed by atoms with Crippen molar-refractivity contribution in [1.82, 2.24) is 14.5 Å². The third-order valence-electron chi connectivity index (χ3n) is 4.52. The van der Waals surface area contributed by atoms with E-state index in [9.17, 15) is 10.1 Å². The molecule has 0 spiro atoms. The van der Waals surface area contributed by atoms with Gasteiger partial charge >= 0.3 is 5.82 Å². The van der Waals surface area contributed by atoms with E-state index in [1.54, 1.807) is 4.57 Å². The first-order chi connectivity index (χ1) is 9.66. The zero-order chi connectivity index (χ0) is 14.1. The maximum Gasteiger partial charge on any atom is 0.406 e. The summed E-state index contributed by atoms with van der Waals surface area (Å²) >= 11 is 0. The molecule has 3 rings (SSSR count). The predicted molar refractivity (Wildman–Crippen MR) is 75.9 cm³/mol. The van der Waals surface area contributed by atoms with Crippen molar-refractivity contribution in [2.24, 2.45) is 7.05 Å². The van der Waals surface area contributed by atoms with Crippen LogP contribution in [-0.4, -0.2) is 51.6 Å². The molecule has 0 bridgehead atoms. The number of hydrogen-bond acceptors (Lipinski definition) is 5. The second-order valence-electron chi connectivity index (χ2n) is 5.72. The van der Waals surface area contributed by atoms with Crippen LogP contribution in [-0.2, 0) is 7.05 Å². The number of nitro groups is 1. The second-order valence-corrected chi connectivity index (χ2v) is 5.72. The lowest BCUT2D eigenvalue weighted by Crippen LogP contribution is -2.50. The van der Waals surface area contributed by atoms with Crippen molar-refractivity contribution in [3.05, 3.63) is 16.4 Å². The number of aromatic nitrogens is 2. The van der Waals surface area contributed by atoms with Gasteiger partial charge in [-0.2, -0.15) is 0 Å². The summed E-state index contributed by atoms with van der Waals surface area (Å²) < 4.78 is 1.75. The van der Waals surface area contributed by atoms with Crippen molar-refractivity contribution in [3.8, 4) is 0 Å². The number of imidazole rings is 1. The first-order valence-corrected chi connectivity index (χ1v) is 7.31. The first kappa shape index (κ1) is 13.4. The van der Waals surface area contributed by atoms with Crippen LogP contribution in [0.5, 0.6) is 0 Å². The Balaban J connectivity index is 1.68. The molecule has 20 heavy (non-hydrogen) atoms. The number of aryl methyl sites for hydroxylation is 1. The van der Waals surface area contributed by atoms with Crippen LogP contribution in [0.2, 0.25) is 0 Å². The number of nitrogens with zero attached hydrogens (tertiary/aromatic N) is 5. The van der Waals surface area contributed by atoms with E-state index >= 15 is 0 Å². The molecule has 2 heterocycles. The van der Waals surface area contributed by atoms with Gasteiger partial charge in [0.05, 0.1) is 0 Å². The topological polar surface area (TPSA) is 67.4 Å². The number of piperazine rings is 1. The fourth-order valence-electron chi connectivity index (χ4n) is 3.47. The summed E-state index contributed by atoms with van der Waals surface area (Å²) in [5.74, 6) is 0.614. The summed E-state index contributed by atoms with van der Waals surface area (Å²) in [5, 5.41) is 11.0. The minimum atomic E-state index is -0.390. The van der Waals surface area contributed by atoms with E-state index in [2.05, 4.69) is 14.8 Å². The molecule has 1 aliphatic carbocycles. The summed E-state index contributed by atoms with van der Waals surface area (Å²) in [7, 11) is 1.82. The fourth-order valence-corrected chi connectivity index (χ4v) is 3.47. The van der Waals surface area contributed by atoms with Gasteiger partial charge in [-0.15, -0.1) is 0 Å². The quantitative estimate of drug-likeness (QED) is 0.618.